The highest BCUT2D eigenvalue weighted by molar-refractivity contribution is 7.89. The number of nitrogens with one attached hydrogen (secondary N) is 1. The lowest BCUT2D eigenvalue weighted by Gasteiger charge is -2.12. The normalized spacial score (nSPS) is 11.3. The second-order valence-corrected chi connectivity index (χ2v) is 6.53. The Balaban J connectivity index is 2.12. The molecule has 0 amide bonds. The topological polar surface area (TPSA) is 64.6 Å². The Labute approximate surface area is 135 Å². The molecule has 23 heavy (non-hydrogen) atoms. The van der Waals surface area contributed by atoms with Gasteiger partial charge in [0.15, 0.2) is 0 Å². The van der Waals surface area contributed by atoms with Crippen molar-refractivity contribution in [1.29, 1.82) is 0 Å². The summed E-state index contributed by atoms with van der Waals surface area (Å²) in [6.45, 7) is 0.145. The molecule has 5 nitrogen and oxygen atoms in total. The molecule has 0 saturated heterocycles. The van der Waals surface area contributed by atoms with Crippen LogP contribution in [0.1, 0.15) is 5.56 Å². The molecule has 0 bridgehead atoms. The third-order valence-corrected chi connectivity index (χ3v) is 4.74. The molecule has 7 heteroatoms. The van der Waals surface area contributed by atoms with Crippen LogP contribution in [0.4, 0.5) is 4.39 Å². The maximum atomic E-state index is 13.1. The van der Waals surface area contributed by atoms with E-state index in [1.54, 1.807) is 18.2 Å². The minimum absolute atomic E-state index is 0.00130. The molecule has 0 fully saturated rings. The van der Waals surface area contributed by atoms with Crippen LogP contribution in [-0.4, -0.2) is 29.2 Å². The van der Waals surface area contributed by atoms with Gasteiger partial charge in [0.2, 0.25) is 10.0 Å². The lowest BCUT2D eigenvalue weighted by Crippen LogP contribution is -2.26. The summed E-state index contributed by atoms with van der Waals surface area (Å²) < 4.78 is 50.6. The number of sulfonamides is 1. The van der Waals surface area contributed by atoms with E-state index in [4.69, 9.17) is 9.47 Å². The second-order valence-electron chi connectivity index (χ2n) is 4.79. The van der Waals surface area contributed by atoms with Gasteiger partial charge in [-0.3, -0.25) is 0 Å². The van der Waals surface area contributed by atoms with E-state index in [0.717, 1.165) is 0 Å². The van der Waals surface area contributed by atoms with Gasteiger partial charge in [0.25, 0.3) is 0 Å². The van der Waals surface area contributed by atoms with Gasteiger partial charge in [-0.2, -0.15) is 0 Å². The van der Waals surface area contributed by atoms with Gasteiger partial charge in [-0.25, -0.2) is 17.5 Å². The average Bonchev–Trinajstić information content (AvgIpc) is 2.54. The number of ether oxygens (including phenoxy) is 2. The van der Waals surface area contributed by atoms with Crippen LogP contribution in [0.2, 0.25) is 0 Å². The third-order valence-electron chi connectivity index (χ3n) is 3.26. The number of methoxy groups -OCH3 is 2. The maximum Gasteiger partial charge on any atom is 0.244 e. The molecular formula is C16H18FNO4S. The highest BCUT2D eigenvalue weighted by atomic mass is 32.2. The fourth-order valence-electron chi connectivity index (χ4n) is 2.09. The van der Waals surface area contributed by atoms with Gasteiger partial charge in [0, 0.05) is 12.6 Å². The van der Waals surface area contributed by atoms with Crippen molar-refractivity contribution in [2.45, 2.75) is 11.3 Å². The van der Waals surface area contributed by atoms with Gasteiger partial charge in [-0.1, -0.05) is 12.1 Å². The lowest BCUT2D eigenvalue weighted by molar-refractivity contribution is 0.392. The van der Waals surface area contributed by atoms with Crippen LogP contribution in [-0.2, 0) is 16.4 Å². The summed E-state index contributed by atoms with van der Waals surface area (Å²) in [6.07, 6.45) is 0.378. The van der Waals surface area contributed by atoms with Gasteiger partial charge in [0.05, 0.1) is 14.2 Å². The predicted octanol–water partition coefficient (Wildman–Crippen LogP) is 2.36. The predicted molar refractivity (Wildman–Crippen MR) is 84.8 cm³/mol. The molecule has 1 N–H and O–H groups in total. The molecule has 124 valence electrons. The number of hydrogen-bond donors (Lipinski definition) is 1. The molecule has 0 aromatic heterocycles. The molecule has 0 spiro atoms. The number of benzene rings is 2. The van der Waals surface area contributed by atoms with Crippen LogP contribution < -0.4 is 14.2 Å². The van der Waals surface area contributed by atoms with Crippen molar-refractivity contribution in [3.63, 3.8) is 0 Å². The van der Waals surface area contributed by atoms with Gasteiger partial charge >= 0.3 is 0 Å². The molecule has 0 unspecified atom stereocenters. The summed E-state index contributed by atoms with van der Waals surface area (Å²) in [6, 6.07) is 10.6. The molecule has 2 aromatic rings. The van der Waals surface area contributed by atoms with Crippen molar-refractivity contribution < 1.29 is 22.3 Å². The van der Waals surface area contributed by atoms with Crippen LogP contribution in [0.25, 0.3) is 0 Å². The average molecular weight is 339 g/mol. The minimum atomic E-state index is -3.76. The molecule has 0 aliphatic carbocycles. The first-order chi connectivity index (χ1) is 11.0. The molecular weight excluding hydrogens is 321 g/mol. The summed E-state index contributed by atoms with van der Waals surface area (Å²) >= 11 is 0. The molecule has 0 aliphatic rings. The minimum Gasteiger partial charge on any atom is -0.497 e. The van der Waals surface area contributed by atoms with E-state index in [1.165, 1.54) is 38.5 Å². The smallest absolute Gasteiger partial charge is 0.244 e. The van der Waals surface area contributed by atoms with Crippen LogP contribution in [0.5, 0.6) is 11.5 Å². The highest BCUT2D eigenvalue weighted by Crippen LogP contribution is 2.27. The Bertz CT molecular complexity index is 777. The fourth-order valence-corrected chi connectivity index (χ4v) is 3.31. The zero-order valence-corrected chi connectivity index (χ0v) is 13.7. The Morgan fingerprint density at radius 3 is 2.52 bits per heavy atom. The van der Waals surface area contributed by atoms with E-state index in [0.29, 0.717) is 17.7 Å². The molecule has 2 aromatic carbocycles. The molecule has 0 saturated carbocycles. The maximum absolute atomic E-state index is 13.1. The van der Waals surface area contributed by atoms with Crippen molar-refractivity contribution in [3.05, 3.63) is 53.8 Å². The monoisotopic (exact) mass is 339 g/mol. The van der Waals surface area contributed by atoms with Gasteiger partial charge in [-0.15, -0.1) is 0 Å². The molecule has 0 radical (unpaired) electrons. The number of halogens is 1. The van der Waals surface area contributed by atoms with E-state index in [2.05, 4.69) is 4.72 Å². The highest BCUT2D eigenvalue weighted by Gasteiger charge is 2.20. The molecule has 0 atom stereocenters. The van der Waals surface area contributed by atoms with Gasteiger partial charge in [-0.05, 0) is 36.2 Å². The van der Waals surface area contributed by atoms with E-state index < -0.39 is 10.0 Å². The summed E-state index contributed by atoms with van der Waals surface area (Å²) in [5.41, 5.74) is 0.713. The van der Waals surface area contributed by atoms with E-state index in [9.17, 15) is 12.8 Å². The van der Waals surface area contributed by atoms with Crippen LogP contribution in [0, 0.1) is 5.82 Å². The van der Waals surface area contributed by atoms with Gasteiger partial charge in [0.1, 0.15) is 22.2 Å². The summed E-state index contributed by atoms with van der Waals surface area (Å²) in [5.74, 6) is 0.292. The first-order valence-electron chi connectivity index (χ1n) is 6.92. The van der Waals surface area contributed by atoms with Crippen molar-refractivity contribution >= 4 is 10.0 Å². The van der Waals surface area contributed by atoms with E-state index in [1.807, 2.05) is 0 Å². The lowest BCUT2D eigenvalue weighted by atomic mass is 10.1. The molecule has 2 rings (SSSR count). The van der Waals surface area contributed by atoms with Crippen molar-refractivity contribution in [2.75, 3.05) is 20.8 Å². The quantitative estimate of drug-likeness (QED) is 0.841. The Kier molecular flexibility index (Phi) is 5.57. The van der Waals surface area contributed by atoms with E-state index in [-0.39, 0.29) is 23.0 Å². The largest absolute Gasteiger partial charge is 0.497 e. The molecule has 0 aliphatic heterocycles. The first kappa shape index (κ1) is 17.2. The summed E-state index contributed by atoms with van der Waals surface area (Å²) in [4.78, 5) is -0.00130. The van der Waals surface area contributed by atoms with Crippen LogP contribution in [0.15, 0.2) is 47.4 Å². The molecule has 0 heterocycles. The van der Waals surface area contributed by atoms with Crippen molar-refractivity contribution in [2.24, 2.45) is 0 Å². The fraction of sp³-hybridized carbons (Fsp3) is 0.250. The number of rotatable bonds is 7. The zero-order chi connectivity index (χ0) is 16.9. The summed E-state index contributed by atoms with van der Waals surface area (Å²) in [5, 5.41) is 0. The number of hydrogen-bond acceptors (Lipinski definition) is 4. The van der Waals surface area contributed by atoms with Crippen LogP contribution in [0.3, 0.4) is 0 Å². The van der Waals surface area contributed by atoms with Crippen molar-refractivity contribution in [1.82, 2.24) is 4.72 Å². The van der Waals surface area contributed by atoms with Crippen molar-refractivity contribution in [3.8, 4) is 11.5 Å². The van der Waals surface area contributed by atoms with Crippen LogP contribution >= 0.6 is 0 Å². The Morgan fingerprint density at radius 2 is 1.87 bits per heavy atom. The zero-order valence-electron chi connectivity index (χ0n) is 12.9. The Morgan fingerprint density at radius 1 is 1.09 bits per heavy atom. The van der Waals surface area contributed by atoms with Gasteiger partial charge < -0.3 is 9.47 Å². The van der Waals surface area contributed by atoms with E-state index >= 15 is 0 Å². The SMILES string of the molecule is COc1ccc(OC)c(S(=O)(=O)NCCc2cccc(F)c2)c1. The standard InChI is InChI=1S/C16H18FNO4S/c1-21-14-6-7-15(22-2)16(11-14)23(19,20)18-9-8-12-4-3-5-13(17)10-12/h3-7,10-11,18H,8-9H2,1-2H3. The second kappa shape index (κ2) is 7.43. The summed E-state index contributed by atoms with van der Waals surface area (Å²) in [7, 11) is -0.914. The Hall–Kier alpha value is -2.12. The third kappa shape index (κ3) is 4.43. The first-order valence-corrected chi connectivity index (χ1v) is 8.40.